The van der Waals surface area contributed by atoms with Crippen molar-refractivity contribution in [3.05, 3.63) is 47.8 Å². The van der Waals surface area contributed by atoms with Gasteiger partial charge in [0.05, 0.1) is 24.3 Å². The fourth-order valence-electron chi connectivity index (χ4n) is 2.04. The lowest BCUT2D eigenvalue weighted by molar-refractivity contribution is 0.188. The number of aliphatic hydroxyl groups is 1. The minimum atomic E-state index is -0.782. The Hall–Kier alpha value is -1.88. The monoisotopic (exact) mass is 278 g/mol. The standard InChI is InChI=1S/C15H19FN2O2/c1-10(2)18-9-17-7-13(18)8-20-15-5-4-12(16)6-14(15)11(3)19/h4-7,9-11,19H,8H2,1-3H3/t11-/m1/s1. The van der Waals surface area contributed by atoms with Gasteiger partial charge in [0.1, 0.15) is 18.2 Å². The zero-order chi connectivity index (χ0) is 14.7. The summed E-state index contributed by atoms with van der Waals surface area (Å²) in [6.45, 7) is 6.03. The highest BCUT2D eigenvalue weighted by Crippen LogP contribution is 2.26. The number of benzene rings is 1. The van der Waals surface area contributed by atoms with E-state index in [4.69, 9.17) is 4.74 Å². The molecule has 5 heteroatoms. The van der Waals surface area contributed by atoms with Crippen molar-refractivity contribution in [2.75, 3.05) is 0 Å². The molecule has 0 fully saturated rings. The molecule has 0 saturated heterocycles. The average molecular weight is 278 g/mol. The SMILES string of the molecule is CC(C)n1cncc1COc1ccc(F)cc1[C@@H](C)O. The van der Waals surface area contributed by atoms with Gasteiger partial charge in [-0.3, -0.25) is 0 Å². The van der Waals surface area contributed by atoms with E-state index in [2.05, 4.69) is 18.8 Å². The highest BCUT2D eigenvalue weighted by molar-refractivity contribution is 5.35. The molecular weight excluding hydrogens is 259 g/mol. The molecule has 0 bridgehead atoms. The Morgan fingerprint density at radius 1 is 1.35 bits per heavy atom. The summed E-state index contributed by atoms with van der Waals surface area (Å²) in [5.41, 5.74) is 1.38. The van der Waals surface area contributed by atoms with E-state index >= 15 is 0 Å². The van der Waals surface area contributed by atoms with Crippen molar-refractivity contribution in [1.82, 2.24) is 9.55 Å². The molecule has 1 aromatic carbocycles. The van der Waals surface area contributed by atoms with Gasteiger partial charge in [0.15, 0.2) is 0 Å². The summed E-state index contributed by atoms with van der Waals surface area (Å²) >= 11 is 0. The number of rotatable bonds is 5. The molecule has 0 amide bonds. The van der Waals surface area contributed by atoms with Crippen molar-refractivity contribution < 1.29 is 14.2 Å². The predicted molar refractivity (Wildman–Crippen MR) is 74.0 cm³/mol. The Kier molecular flexibility index (Phi) is 4.39. The largest absolute Gasteiger partial charge is 0.487 e. The van der Waals surface area contributed by atoms with Crippen molar-refractivity contribution in [2.24, 2.45) is 0 Å². The van der Waals surface area contributed by atoms with Crippen LogP contribution < -0.4 is 4.74 Å². The van der Waals surface area contributed by atoms with Crippen LogP contribution in [-0.4, -0.2) is 14.7 Å². The molecule has 0 unspecified atom stereocenters. The Labute approximate surface area is 117 Å². The van der Waals surface area contributed by atoms with Gasteiger partial charge in [-0.05, 0) is 39.0 Å². The minimum Gasteiger partial charge on any atom is -0.487 e. The van der Waals surface area contributed by atoms with Crippen LogP contribution in [0.25, 0.3) is 0 Å². The summed E-state index contributed by atoms with van der Waals surface area (Å²) in [4.78, 5) is 4.10. The van der Waals surface area contributed by atoms with Gasteiger partial charge in [0.25, 0.3) is 0 Å². The third-order valence-electron chi connectivity index (χ3n) is 3.10. The van der Waals surface area contributed by atoms with Crippen molar-refractivity contribution in [1.29, 1.82) is 0 Å². The third kappa shape index (κ3) is 3.17. The first-order valence-corrected chi connectivity index (χ1v) is 6.60. The zero-order valence-corrected chi connectivity index (χ0v) is 11.9. The third-order valence-corrected chi connectivity index (χ3v) is 3.10. The second-order valence-electron chi connectivity index (χ2n) is 5.03. The topological polar surface area (TPSA) is 47.3 Å². The number of halogens is 1. The van der Waals surface area contributed by atoms with Gasteiger partial charge in [-0.1, -0.05) is 0 Å². The minimum absolute atomic E-state index is 0.292. The Bertz CT molecular complexity index is 579. The van der Waals surface area contributed by atoms with Gasteiger partial charge < -0.3 is 14.4 Å². The Morgan fingerprint density at radius 3 is 2.75 bits per heavy atom. The van der Waals surface area contributed by atoms with Gasteiger partial charge in [-0.2, -0.15) is 0 Å². The summed E-state index contributed by atoms with van der Waals surface area (Å²) in [5.74, 6) is 0.0957. The van der Waals surface area contributed by atoms with E-state index in [0.29, 0.717) is 24.0 Å². The molecule has 1 heterocycles. The molecule has 2 aromatic rings. The lowest BCUT2D eigenvalue weighted by Gasteiger charge is -2.15. The van der Waals surface area contributed by atoms with E-state index in [1.165, 1.54) is 18.2 Å². The molecule has 0 aliphatic heterocycles. The molecule has 20 heavy (non-hydrogen) atoms. The normalized spacial score (nSPS) is 12.7. The van der Waals surface area contributed by atoms with Crippen molar-refractivity contribution in [2.45, 2.75) is 39.5 Å². The highest BCUT2D eigenvalue weighted by Gasteiger charge is 2.12. The van der Waals surface area contributed by atoms with E-state index in [0.717, 1.165) is 5.69 Å². The van der Waals surface area contributed by atoms with Crippen molar-refractivity contribution >= 4 is 0 Å². The van der Waals surface area contributed by atoms with E-state index in [-0.39, 0.29) is 5.82 Å². The molecule has 1 N–H and O–H groups in total. The first kappa shape index (κ1) is 14.5. The fourth-order valence-corrected chi connectivity index (χ4v) is 2.04. The molecule has 0 radical (unpaired) electrons. The van der Waals surface area contributed by atoms with Crippen LogP contribution in [0.3, 0.4) is 0 Å². The number of ether oxygens (including phenoxy) is 1. The fraction of sp³-hybridized carbons (Fsp3) is 0.400. The average Bonchev–Trinajstić information content (AvgIpc) is 2.85. The summed E-state index contributed by atoms with van der Waals surface area (Å²) < 4.78 is 20.9. The number of aliphatic hydroxyl groups excluding tert-OH is 1. The quantitative estimate of drug-likeness (QED) is 0.913. The molecule has 0 saturated carbocycles. The maximum atomic E-state index is 13.2. The smallest absolute Gasteiger partial charge is 0.130 e. The van der Waals surface area contributed by atoms with Crippen LogP contribution in [0.4, 0.5) is 4.39 Å². The van der Waals surface area contributed by atoms with E-state index in [9.17, 15) is 9.50 Å². The lowest BCUT2D eigenvalue weighted by Crippen LogP contribution is -2.08. The number of aromatic nitrogens is 2. The summed E-state index contributed by atoms with van der Waals surface area (Å²) in [6.07, 6.45) is 2.71. The van der Waals surface area contributed by atoms with Crippen LogP contribution in [-0.2, 0) is 6.61 Å². The van der Waals surface area contributed by atoms with Crippen LogP contribution in [0, 0.1) is 5.82 Å². The van der Waals surface area contributed by atoms with E-state index in [1.807, 2.05) is 4.57 Å². The molecule has 0 aliphatic rings. The van der Waals surface area contributed by atoms with Crippen molar-refractivity contribution in [3.63, 3.8) is 0 Å². The molecule has 0 spiro atoms. The first-order valence-electron chi connectivity index (χ1n) is 6.60. The van der Waals surface area contributed by atoms with E-state index < -0.39 is 6.10 Å². The molecule has 1 atom stereocenters. The van der Waals surface area contributed by atoms with Crippen LogP contribution in [0.1, 0.15) is 44.2 Å². The van der Waals surface area contributed by atoms with Crippen LogP contribution in [0.5, 0.6) is 5.75 Å². The number of nitrogens with zero attached hydrogens (tertiary/aromatic N) is 2. The first-order chi connectivity index (χ1) is 9.49. The highest BCUT2D eigenvalue weighted by atomic mass is 19.1. The van der Waals surface area contributed by atoms with Crippen molar-refractivity contribution in [3.8, 4) is 5.75 Å². The zero-order valence-electron chi connectivity index (χ0n) is 11.9. The molecule has 2 rings (SSSR count). The maximum absolute atomic E-state index is 13.2. The van der Waals surface area contributed by atoms with Gasteiger partial charge >= 0.3 is 0 Å². The summed E-state index contributed by atoms with van der Waals surface area (Å²) in [7, 11) is 0. The summed E-state index contributed by atoms with van der Waals surface area (Å²) in [6, 6.07) is 4.44. The molecule has 108 valence electrons. The van der Waals surface area contributed by atoms with Gasteiger partial charge in [0, 0.05) is 11.6 Å². The number of hydrogen-bond donors (Lipinski definition) is 1. The number of hydrogen-bond acceptors (Lipinski definition) is 3. The van der Waals surface area contributed by atoms with Gasteiger partial charge in [-0.25, -0.2) is 9.37 Å². The van der Waals surface area contributed by atoms with Gasteiger partial charge in [-0.15, -0.1) is 0 Å². The maximum Gasteiger partial charge on any atom is 0.130 e. The Morgan fingerprint density at radius 2 is 2.10 bits per heavy atom. The molecule has 0 aliphatic carbocycles. The second kappa shape index (κ2) is 6.05. The van der Waals surface area contributed by atoms with Gasteiger partial charge in [0.2, 0.25) is 0 Å². The molecular formula is C15H19FN2O2. The van der Waals surface area contributed by atoms with Crippen LogP contribution in [0.2, 0.25) is 0 Å². The second-order valence-corrected chi connectivity index (χ2v) is 5.03. The lowest BCUT2D eigenvalue weighted by atomic mass is 10.1. The molecule has 1 aromatic heterocycles. The molecule has 4 nitrogen and oxygen atoms in total. The van der Waals surface area contributed by atoms with E-state index in [1.54, 1.807) is 19.4 Å². The number of imidazole rings is 1. The summed E-state index contributed by atoms with van der Waals surface area (Å²) in [5, 5.41) is 9.66. The van der Waals surface area contributed by atoms with Crippen LogP contribution >= 0.6 is 0 Å². The predicted octanol–water partition coefficient (Wildman–Crippen LogP) is 3.24. The van der Waals surface area contributed by atoms with Crippen LogP contribution in [0.15, 0.2) is 30.7 Å². The Balaban J connectivity index is 2.17.